The van der Waals surface area contributed by atoms with Gasteiger partial charge in [-0.3, -0.25) is 0 Å². The van der Waals surface area contributed by atoms with Crippen LogP contribution in [0.1, 0.15) is 30.8 Å². The monoisotopic (exact) mass is 231 g/mol. The van der Waals surface area contributed by atoms with Gasteiger partial charge in [-0.2, -0.15) is 0 Å². The number of hydrogen-bond acceptors (Lipinski definition) is 3. The fraction of sp³-hybridized carbons (Fsp3) is 0.308. The molecule has 0 radical (unpaired) electrons. The second-order valence-electron chi connectivity index (χ2n) is 3.94. The third kappa shape index (κ3) is 2.85. The van der Waals surface area contributed by atoms with E-state index < -0.39 is 0 Å². The number of benzene rings is 1. The number of aromatic hydroxyl groups is 1. The van der Waals surface area contributed by atoms with E-state index >= 15 is 0 Å². The molecular formula is C13H17N3O. The number of imidazole rings is 1. The molecular weight excluding hydrogens is 214 g/mol. The van der Waals surface area contributed by atoms with Crippen LogP contribution in [0.15, 0.2) is 36.7 Å². The van der Waals surface area contributed by atoms with Gasteiger partial charge >= 0.3 is 0 Å². The van der Waals surface area contributed by atoms with Crippen LogP contribution in [-0.4, -0.2) is 15.1 Å². The molecule has 0 fully saturated rings. The maximum absolute atomic E-state index is 9.81. The molecule has 0 aliphatic heterocycles. The van der Waals surface area contributed by atoms with Crippen LogP contribution in [0, 0.1) is 0 Å². The highest BCUT2D eigenvalue weighted by Gasteiger charge is 2.12. The Balaban J connectivity index is 2.04. The molecule has 0 saturated heterocycles. The van der Waals surface area contributed by atoms with E-state index in [1.807, 2.05) is 18.2 Å². The zero-order valence-corrected chi connectivity index (χ0v) is 9.85. The number of phenolic OH excluding ortho intramolecular Hbond substituents is 1. The Morgan fingerprint density at radius 1 is 1.41 bits per heavy atom. The van der Waals surface area contributed by atoms with E-state index in [2.05, 4.69) is 22.2 Å². The van der Waals surface area contributed by atoms with Crippen molar-refractivity contribution in [3.63, 3.8) is 0 Å². The van der Waals surface area contributed by atoms with Gasteiger partial charge in [-0.25, -0.2) is 4.98 Å². The lowest BCUT2D eigenvalue weighted by molar-refractivity contribution is 0.439. The first kappa shape index (κ1) is 11.7. The molecule has 1 unspecified atom stereocenters. The largest absolute Gasteiger partial charge is 0.508 e. The predicted octanol–water partition coefficient (Wildman–Crippen LogP) is 2.36. The summed E-state index contributed by atoms with van der Waals surface area (Å²) < 4.78 is 0. The van der Waals surface area contributed by atoms with Gasteiger partial charge in [0.1, 0.15) is 11.6 Å². The fourth-order valence-electron chi connectivity index (χ4n) is 1.87. The van der Waals surface area contributed by atoms with Gasteiger partial charge in [0.05, 0.1) is 6.54 Å². The summed E-state index contributed by atoms with van der Waals surface area (Å²) in [5.41, 5.74) is 0.932. The topological polar surface area (TPSA) is 60.9 Å². The van der Waals surface area contributed by atoms with Crippen molar-refractivity contribution in [3.05, 3.63) is 48.0 Å². The minimum absolute atomic E-state index is 0.140. The SMILES string of the molecule is CCC(NCc1ncc[nH]1)c1ccccc1O. The van der Waals surface area contributed by atoms with Gasteiger partial charge in [0, 0.05) is 24.0 Å². The standard InChI is InChI=1S/C13H17N3O/c1-2-11(10-5-3-4-6-12(10)17)16-9-13-14-7-8-15-13/h3-8,11,16-17H,2,9H2,1H3,(H,14,15). The minimum Gasteiger partial charge on any atom is -0.508 e. The first-order chi connectivity index (χ1) is 8.31. The third-order valence-electron chi connectivity index (χ3n) is 2.79. The van der Waals surface area contributed by atoms with E-state index in [0.717, 1.165) is 17.8 Å². The van der Waals surface area contributed by atoms with Crippen LogP contribution in [-0.2, 0) is 6.54 Å². The second-order valence-corrected chi connectivity index (χ2v) is 3.94. The normalized spacial score (nSPS) is 12.5. The molecule has 0 aliphatic carbocycles. The number of hydrogen-bond donors (Lipinski definition) is 3. The van der Waals surface area contributed by atoms with Gasteiger partial charge in [-0.05, 0) is 12.5 Å². The summed E-state index contributed by atoms with van der Waals surface area (Å²) in [5.74, 6) is 1.24. The predicted molar refractivity (Wildman–Crippen MR) is 66.6 cm³/mol. The molecule has 4 nitrogen and oxygen atoms in total. The summed E-state index contributed by atoms with van der Waals surface area (Å²) in [6.45, 7) is 2.76. The first-order valence-corrected chi connectivity index (χ1v) is 5.80. The van der Waals surface area contributed by atoms with Crippen LogP contribution in [0.3, 0.4) is 0 Å². The zero-order chi connectivity index (χ0) is 12.1. The lowest BCUT2D eigenvalue weighted by atomic mass is 10.0. The number of aromatic amines is 1. The average Bonchev–Trinajstić information content (AvgIpc) is 2.85. The summed E-state index contributed by atoms with van der Waals surface area (Å²) in [7, 11) is 0. The molecule has 1 heterocycles. The average molecular weight is 231 g/mol. The maximum Gasteiger partial charge on any atom is 0.120 e. The number of nitrogens with zero attached hydrogens (tertiary/aromatic N) is 1. The molecule has 17 heavy (non-hydrogen) atoms. The Morgan fingerprint density at radius 3 is 2.88 bits per heavy atom. The molecule has 2 aromatic rings. The Hall–Kier alpha value is -1.81. The lowest BCUT2D eigenvalue weighted by Crippen LogP contribution is -2.21. The van der Waals surface area contributed by atoms with E-state index in [9.17, 15) is 5.11 Å². The molecule has 1 aromatic heterocycles. The summed E-state index contributed by atoms with van der Waals surface area (Å²) in [5, 5.41) is 13.2. The van der Waals surface area contributed by atoms with Gasteiger partial charge in [0.15, 0.2) is 0 Å². The number of nitrogens with one attached hydrogen (secondary N) is 2. The van der Waals surface area contributed by atoms with Crippen LogP contribution in [0.5, 0.6) is 5.75 Å². The smallest absolute Gasteiger partial charge is 0.120 e. The highest BCUT2D eigenvalue weighted by molar-refractivity contribution is 5.34. The maximum atomic E-state index is 9.81. The quantitative estimate of drug-likeness (QED) is 0.740. The highest BCUT2D eigenvalue weighted by atomic mass is 16.3. The molecule has 1 atom stereocenters. The van der Waals surface area contributed by atoms with Crippen LogP contribution < -0.4 is 5.32 Å². The van der Waals surface area contributed by atoms with Gasteiger partial charge in [-0.15, -0.1) is 0 Å². The van der Waals surface area contributed by atoms with Crippen molar-refractivity contribution in [1.82, 2.24) is 15.3 Å². The van der Waals surface area contributed by atoms with Crippen molar-refractivity contribution in [3.8, 4) is 5.75 Å². The van der Waals surface area contributed by atoms with Crippen molar-refractivity contribution < 1.29 is 5.11 Å². The molecule has 0 saturated carbocycles. The zero-order valence-electron chi connectivity index (χ0n) is 9.85. The first-order valence-electron chi connectivity index (χ1n) is 5.80. The molecule has 0 spiro atoms. The molecule has 90 valence electrons. The van der Waals surface area contributed by atoms with Crippen LogP contribution >= 0.6 is 0 Å². The van der Waals surface area contributed by atoms with Crippen molar-refractivity contribution >= 4 is 0 Å². The van der Waals surface area contributed by atoms with Crippen molar-refractivity contribution in [2.24, 2.45) is 0 Å². The summed E-state index contributed by atoms with van der Waals surface area (Å²) in [6.07, 6.45) is 4.45. The van der Waals surface area contributed by atoms with E-state index in [-0.39, 0.29) is 6.04 Å². The number of phenols is 1. The molecule has 0 bridgehead atoms. The molecule has 4 heteroatoms. The van der Waals surface area contributed by atoms with Crippen molar-refractivity contribution in [2.45, 2.75) is 25.9 Å². The molecule has 3 N–H and O–H groups in total. The number of H-pyrrole nitrogens is 1. The van der Waals surface area contributed by atoms with Crippen LogP contribution in [0.4, 0.5) is 0 Å². The van der Waals surface area contributed by atoms with Gasteiger partial charge < -0.3 is 15.4 Å². The van der Waals surface area contributed by atoms with Gasteiger partial charge in [0.25, 0.3) is 0 Å². The van der Waals surface area contributed by atoms with Crippen LogP contribution in [0.2, 0.25) is 0 Å². The van der Waals surface area contributed by atoms with Crippen molar-refractivity contribution in [2.75, 3.05) is 0 Å². The Morgan fingerprint density at radius 2 is 2.24 bits per heavy atom. The number of aromatic nitrogens is 2. The summed E-state index contributed by atoms with van der Waals surface area (Å²) in [4.78, 5) is 7.20. The van der Waals surface area contributed by atoms with Crippen LogP contribution in [0.25, 0.3) is 0 Å². The Bertz CT molecular complexity index is 453. The summed E-state index contributed by atoms with van der Waals surface area (Å²) >= 11 is 0. The third-order valence-corrected chi connectivity index (χ3v) is 2.79. The highest BCUT2D eigenvalue weighted by Crippen LogP contribution is 2.25. The molecule has 0 amide bonds. The number of rotatable bonds is 5. The lowest BCUT2D eigenvalue weighted by Gasteiger charge is -2.17. The van der Waals surface area contributed by atoms with E-state index in [1.54, 1.807) is 18.5 Å². The Kier molecular flexibility index (Phi) is 3.77. The molecule has 0 aliphatic rings. The fourth-order valence-corrected chi connectivity index (χ4v) is 1.87. The van der Waals surface area contributed by atoms with Crippen molar-refractivity contribution in [1.29, 1.82) is 0 Å². The van der Waals surface area contributed by atoms with Gasteiger partial charge in [0.2, 0.25) is 0 Å². The number of para-hydroxylation sites is 1. The van der Waals surface area contributed by atoms with E-state index in [0.29, 0.717) is 12.3 Å². The van der Waals surface area contributed by atoms with Gasteiger partial charge in [-0.1, -0.05) is 25.1 Å². The van der Waals surface area contributed by atoms with E-state index in [1.165, 1.54) is 0 Å². The molecule has 1 aromatic carbocycles. The minimum atomic E-state index is 0.140. The summed E-state index contributed by atoms with van der Waals surface area (Å²) in [6, 6.07) is 7.57. The Labute approximate surface area is 101 Å². The molecule has 2 rings (SSSR count). The second kappa shape index (κ2) is 5.50. The van der Waals surface area contributed by atoms with E-state index in [4.69, 9.17) is 0 Å².